The summed E-state index contributed by atoms with van der Waals surface area (Å²) in [6, 6.07) is 5.68. The number of thiazole rings is 1. The number of aliphatic imine (C=N–C) groups is 1. The first-order chi connectivity index (χ1) is 11.8. The second-order valence-corrected chi connectivity index (χ2v) is 6.92. The number of rotatable bonds is 4. The largest absolute Gasteiger partial charge is 0.490 e. The Hall–Kier alpha value is -1.55. The molecular formula is C17H21IN4O2S. The Morgan fingerprint density at radius 3 is 2.88 bits per heavy atom. The number of nitrogens with two attached hydrogens (primary N) is 1. The molecule has 3 N–H and O–H groups in total. The maximum Gasteiger partial charge on any atom is 0.193 e. The monoisotopic (exact) mass is 472 g/mol. The van der Waals surface area contributed by atoms with Gasteiger partial charge in [-0.2, -0.15) is 0 Å². The van der Waals surface area contributed by atoms with E-state index in [2.05, 4.69) is 20.7 Å². The molecule has 134 valence electrons. The summed E-state index contributed by atoms with van der Waals surface area (Å²) in [7, 11) is 0. The number of fused-ring (bicyclic) bond motifs is 1. The highest BCUT2D eigenvalue weighted by Gasteiger charge is 2.25. The Balaban J connectivity index is 0.00000182. The van der Waals surface area contributed by atoms with Gasteiger partial charge >= 0.3 is 0 Å². The molecule has 2 heterocycles. The highest BCUT2D eigenvalue weighted by molar-refractivity contribution is 14.0. The van der Waals surface area contributed by atoms with Gasteiger partial charge in [0.2, 0.25) is 0 Å². The number of anilines is 1. The smallest absolute Gasteiger partial charge is 0.193 e. The van der Waals surface area contributed by atoms with E-state index in [1.165, 1.54) is 18.5 Å². The Bertz CT molecular complexity index is 761. The molecule has 2 aromatic rings. The van der Waals surface area contributed by atoms with E-state index in [1.807, 2.05) is 18.2 Å². The quantitative estimate of drug-likeness (QED) is 0.403. The summed E-state index contributed by atoms with van der Waals surface area (Å²) in [5, 5.41) is 6.23. The van der Waals surface area contributed by atoms with E-state index in [4.69, 9.17) is 15.2 Å². The van der Waals surface area contributed by atoms with Crippen molar-refractivity contribution in [2.75, 3.05) is 18.5 Å². The first kappa shape index (κ1) is 18.2. The van der Waals surface area contributed by atoms with Crippen molar-refractivity contribution in [3.05, 3.63) is 34.3 Å². The Morgan fingerprint density at radius 1 is 1.28 bits per heavy atom. The van der Waals surface area contributed by atoms with E-state index >= 15 is 0 Å². The van der Waals surface area contributed by atoms with E-state index in [0.717, 1.165) is 28.6 Å². The highest BCUT2D eigenvalue weighted by Crippen LogP contribution is 2.40. The molecule has 1 saturated carbocycles. The number of aromatic nitrogens is 1. The molecule has 1 fully saturated rings. The topological polar surface area (TPSA) is 81.8 Å². The molecule has 0 atom stereocenters. The zero-order chi connectivity index (χ0) is 16.4. The van der Waals surface area contributed by atoms with E-state index in [1.54, 1.807) is 11.3 Å². The number of halogens is 1. The molecule has 2 aliphatic rings. The normalized spacial score (nSPS) is 16.7. The van der Waals surface area contributed by atoms with Gasteiger partial charge in [0.25, 0.3) is 0 Å². The van der Waals surface area contributed by atoms with Crippen molar-refractivity contribution in [3.63, 3.8) is 0 Å². The molecule has 6 nitrogen and oxygen atoms in total. The average Bonchev–Trinajstić information content (AvgIpc) is 3.36. The van der Waals surface area contributed by atoms with Gasteiger partial charge < -0.3 is 20.5 Å². The van der Waals surface area contributed by atoms with Gasteiger partial charge in [-0.25, -0.2) is 9.98 Å². The zero-order valence-corrected chi connectivity index (χ0v) is 16.9. The lowest BCUT2D eigenvalue weighted by Gasteiger charge is -2.10. The maximum atomic E-state index is 5.98. The summed E-state index contributed by atoms with van der Waals surface area (Å²) in [6.45, 7) is 1.84. The molecule has 0 saturated heterocycles. The van der Waals surface area contributed by atoms with Crippen molar-refractivity contribution < 1.29 is 9.47 Å². The van der Waals surface area contributed by atoms with Crippen LogP contribution < -0.4 is 20.5 Å². The van der Waals surface area contributed by atoms with Gasteiger partial charge in [0.1, 0.15) is 5.01 Å². The Morgan fingerprint density at radius 2 is 2.08 bits per heavy atom. The van der Waals surface area contributed by atoms with Crippen molar-refractivity contribution in [3.8, 4) is 11.5 Å². The van der Waals surface area contributed by atoms with Crippen LogP contribution >= 0.6 is 35.3 Å². The Kier molecular flexibility index (Phi) is 6.00. The van der Waals surface area contributed by atoms with Gasteiger partial charge in [-0.05, 0) is 25.0 Å². The predicted octanol–water partition coefficient (Wildman–Crippen LogP) is 3.73. The van der Waals surface area contributed by atoms with Gasteiger partial charge in [-0.1, -0.05) is 0 Å². The van der Waals surface area contributed by atoms with Crippen molar-refractivity contribution in [1.82, 2.24) is 4.98 Å². The molecule has 1 aromatic heterocycles. The minimum absolute atomic E-state index is 0. The number of hydrogen-bond acceptors (Lipinski definition) is 5. The first-order valence-corrected chi connectivity index (χ1v) is 9.07. The van der Waals surface area contributed by atoms with Crippen LogP contribution in [0.15, 0.2) is 28.6 Å². The summed E-state index contributed by atoms with van der Waals surface area (Å²) in [6.07, 6.45) is 3.41. The summed E-state index contributed by atoms with van der Waals surface area (Å²) < 4.78 is 11.3. The van der Waals surface area contributed by atoms with E-state index in [0.29, 0.717) is 31.6 Å². The molecule has 25 heavy (non-hydrogen) atoms. The van der Waals surface area contributed by atoms with Crippen molar-refractivity contribution in [2.45, 2.75) is 31.7 Å². The third kappa shape index (κ3) is 4.75. The lowest BCUT2D eigenvalue weighted by molar-refractivity contribution is 0.297. The lowest BCUT2D eigenvalue weighted by Crippen LogP contribution is -2.22. The van der Waals surface area contributed by atoms with Crippen molar-refractivity contribution in [2.24, 2.45) is 10.7 Å². The number of benzene rings is 1. The molecule has 0 bridgehead atoms. The first-order valence-electron chi connectivity index (χ1n) is 8.19. The Labute approximate surface area is 167 Å². The predicted molar refractivity (Wildman–Crippen MR) is 111 cm³/mol. The summed E-state index contributed by atoms with van der Waals surface area (Å²) in [5.41, 5.74) is 8.02. The van der Waals surface area contributed by atoms with Crippen LogP contribution in [-0.4, -0.2) is 24.2 Å². The fourth-order valence-electron chi connectivity index (χ4n) is 2.55. The number of hydrogen-bond donors (Lipinski definition) is 2. The van der Waals surface area contributed by atoms with Crippen LogP contribution in [0.3, 0.4) is 0 Å². The van der Waals surface area contributed by atoms with Gasteiger partial charge in [-0.15, -0.1) is 35.3 Å². The van der Waals surface area contributed by atoms with E-state index in [9.17, 15) is 0 Å². The number of nitrogens with one attached hydrogen (secondary N) is 1. The zero-order valence-electron chi connectivity index (χ0n) is 13.7. The lowest BCUT2D eigenvalue weighted by atomic mass is 10.3. The highest BCUT2D eigenvalue weighted by atomic mass is 127. The minimum Gasteiger partial charge on any atom is -0.490 e. The molecule has 0 amide bonds. The summed E-state index contributed by atoms with van der Waals surface area (Å²) in [5.74, 6) is 2.55. The number of guanidine groups is 1. The molecule has 8 heteroatoms. The van der Waals surface area contributed by atoms with Crippen LogP contribution in [0.2, 0.25) is 0 Å². The van der Waals surface area contributed by atoms with Crippen LogP contribution in [0.4, 0.5) is 5.69 Å². The molecule has 4 rings (SSSR count). The van der Waals surface area contributed by atoms with Gasteiger partial charge in [0.05, 0.1) is 25.5 Å². The number of nitrogens with zero attached hydrogens (tertiary/aromatic N) is 2. The van der Waals surface area contributed by atoms with Crippen LogP contribution in [0, 0.1) is 0 Å². The third-order valence-corrected chi connectivity index (χ3v) is 4.82. The maximum absolute atomic E-state index is 5.98. The molecule has 1 aliphatic heterocycles. The average molecular weight is 472 g/mol. The second kappa shape index (κ2) is 8.22. The van der Waals surface area contributed by atoms with Gasteiger partial charge in [0.15, 0.2) is 17.5 Å². The fourth-order valence-corrected chi connectivity index (χ4v) is 3.34. The molecule has 1 aliphatic carbocycles. The molecule has 0 radical (unpaired) electrons. The van der Waals surface area contributed by atoms with Crippen molar-refractivity contribution >= 4 is 47.0 Å². The van der Waals surface area contributed by atoms with Crippen molar-refractivity contribution in [1.29, 1.82) is 0 Å². The minimum atomic E-state index is 0. The summed E-state index contributed by atoms with van der Waals surface area (Å²) >= 11 is 1.65. The molecular weight excluding hydrogens is 451 g/mol. The standard InChI is InChI=1S/C17H20N4O2S.HI/c18-17(19-9-16-21-13(10-24-16)11-2-3-11)20-12-4-5-14-15(8-12)23-7-1-6-22-14;/h4-5,8,10-11H,1-3,6-7,9H2,(H3,18,19,20);1H. The van der Waals surface area contributed by atoms with E-state index < -0.39 is 0 Å². The second-order valence-electron chi connectivity index (χ2n) is 5.98. The van der Waals surface area contributed by atoms with Gasteiger partial charge in [-0.3, -0.25) is 0 Å². The molecule has 1 aromatic carbocycles. The van der Waals surface area contributed by atoms with Gasteiger partial charge in [0, 0.05) is 29.5 Å². The molecule has 0 spiro atoms. The van der Waals surface area contributed by atoms with E-state index in [-0.39, 0.29) is 24.0 Å². The summed E-state index contributed by atoms with van der Waals surface area (Å²) in [4.78, 5) is 8.98. The third-order valence-electron chi connectivity index (χ3n) is 3.97. The van der Waals surface area contributed by atoms with Crippen LogP contribution in [0.25, 0.3) is 0 Å². The van der Waals surface area contributed by atoms with Crippen LogP contribution in [0.5, 0.6) is 11.5 Å². The van der Waals surface area contributed by atoms with Crippen LogP contribution in [0.1, 0.15) is 35.9 Å². The fraction of sp³-hybridized carbons (Fsp3) is 0.412. The molecule has 0 unspecified atom stereocenters. The van der Waals surface area contributed by atoms with Crippen LogP contribution in [-0.2, 0) is 6.54 Å². The SMILES string of the molecule is I.NC(=NCc1nc(C2CC2)cs1)Nc1ccc2c(c1)OCCCO2. The number of ether oxygens (including phenoxy) is 2.